The summed E-state index contributed by atoms with van der Waals surface area (Å²) < 4.78 is 5.08. The summed E-state index contributed by atoms with van der Waals surface area (Å²) in [6.45, 7) is 3.61. The van der Waals surface area contributed by atoms with Crippen LogP contribution in [0.15, 0.2) is 22.8 Å². The summed E-state index contributed by atoms with van der Waals surface area (Å²) in [7, 11) is 0. The Balaban J connectivity index is 1.79. The summed E-state index contributed by atoms with van der Waals surface area (Å²) >= 11 is 0. The SMILES string of the molecule is CCC(=O)NCC(=O)N1CCN(C(=O)c2ccco2)CC1. The van der Waals surface area contributed by atoms with Crippen LogP contribution in [0.25, 0.3) is 0 Å². The first kappa shape index (κ1) is 15.1. The van der Waals surface area contributed by atoms with Crippen LogP contribution in [0.3, 0.4) is 0 Å². The number of hydrogen-bond acceptors (Lipinski definition) is 4. The minimum absolute atomic E-state index is 0.0127. The highest BCUT2D eigenvalue weighted by Crippen LogP contribution is 2.09. The van der Waals surface area contributed by atoms with Gasteiger partial charge in [0.2, 0.25) is 11.8 Å². The van der Waals surface area contributed by atoms with Crippen molar-refractivity contribution in [2.75, 3.05) is 32.7 Å². The molecule has 0 saturated carbocycles. The van der Waals surface area contributed by atoms with E-state index in [1.165, 1.54) is 6.26 Å². The fraction of sp³-hybridized carbons (Fsp3) is 0.500. The van der Waals surface area contributed by atoms with Gasteiger partial charge in [0.15, 0.2) is 5.76 Å². The molecule has 7 nitrogen and oxygen atoms in total. The van der Waals surface area contributed by atoms with Crippen molar-refractivity contribution in [2.45, 2.75) is 13.3 Å². The Hall–Kier alpha value is -2.31. The van der Waals surface area contributed by atoms with E-state index < -0.39 is 0 Å². The normalized spacial score (nSPS) is 14.9. The van der Waals surface area contributed by atoms with E-state index in [4.69, 9.17) is 4.42 Å². The number of carbonyl (C=O) groups excluding carboxylic acids is 3. The number of amides is 3. The highest BCUT2D eigenvalue weighted by atomic mass is 16.3. The van der Waals surface area contributed by atoms with E-state index in [9.17, 15) is 14.4 Å². The molecule has 0 unspecified atom stereocenters. The summed E-state index contributed by atoms with van der Waals surface area (Å²) in [6, 6.07) is 3.30. The molecule has 0 bridgehead atoms. The minimum Gasteiger partial charge on any atom is -0.459 e. The second-order valence-corrected chi connectivity index (χ2v) is 4.78. The Bertz CT molecular complexity index is 504. The maximum Gasteiger partial charge on any atom is 0.289 e. The molecule has 0 atom stereocenters. The fourth-order valence-corrected chi connectivity index (χ4v) is 2.13. The van der Waals surface area contributed by atoms with Crippen molar-refractivity contribution < 1.29 is 18.8 Å². The smallest absolute Gasteiger partial charge is 0.289 e. The summed E-state index contributed by atoms with van der Waals surface area (Å²) in [5.41, 5.74) is 0. The molecule has 7 heteroatoms. The minimum atomic E-state index is -0.161. The number of carbonyl (C=O) groups is 3. The Labute approximate surface area is 122 Å². The van der Waals surface area contributed by atoms with Crippen LogP contribution < -0.4 is 5.32 Å². The molecule has 0 aliphatic carbocycles. The van der Waals surface area contributed by atoms with Gasteiger partial charge in [-0.05, 0) is 12.1 Å². The van der Waals surface area contributed by atoms with Gasteiger partial charge in [0.1, 0.15) is 0 Å². The van der Waals surface area contributed by atoms with Crippen LogP contribution in [0.1, 0.15) is 23.9 Å². The molecule has 2 heterocycles. The lowest BCUT2D eigenvalue weighted by Gasteiger charge is -2.34. The topological polar surface area (TPSA) is 82.9 Å². The van der Waals surface area contributed by atoms with Gasteiger partial charge in [0.25, 0.3) is 5.91 Å². The molecular weight excluding hydrogens is 274 g/mol. The lowest BCUT2D eigenvalue weighted by Crippen LogP contribution is -2.52. The van der Waals surface area contributed by atoms with Crippen LogP contribution in [0.4, 0.5) is 0 Å². The third kappa shape index (κ3) is 3.84. The fourth-order valence-electron chi connectivity index (χ4n) is 2.13. The van der Waals surface area contributed by atoms with Gasteiger partial charge in [-0.1, -0.05) is 6.92 Å². The summed E-state index contributed by atoms with van der Waals surface area (Å²) in [5, 5.41) is 2.56. The Morgan fingerprint density at radius 2 is 1.86 bits per heavy atom. The zero-order chi connectivity index (χ0) is 15.2. The molecule has 1 aliphatic rings. The van der Waals surface area contributed by atoms with Gasteiger partial charge in [0, 0.05) is 32.6 Å². The number of rotatable bonds is 4. The predicted octanol–water partition coefficient (Wildman–Crippen LogP) is 0.0902. The second-order valence-electron chi connectivity index (χ2n) is 4.78. The average molecular weight is 293 g/mol. The monoisotopic (exact) mass is 293 g/mol. The van der Waals surface area contributed by atoms with Crippen molar-refractivity contribution in [3.05, 3.63) is 24.2 Å². The molecule has 0 spiro atoms. The van der Waals surface area contributed by atoms with Gasteiger partial charge in [0.05, 0.1) is 12.8 Å². The zero-order valence-corrected chi connectivity index (χ0v) is 12.0. The molecule has 1 aromatic heterocycles. The number of nitrogens with one attached hydrogen (secondary N) is 1. The quantitative estimate of drug-likeness (QED) is 0.853. The van der Waals surface area contributed by atoms with Crippen LogP contribution in [-0.4, -0.2) is 60.2 Å². The van der Waals surface area contributed by atoms with Crippen molar-refractivity contribution in [1.29, 1.82) is 0 Å². The molecule has 0 radical (unpaired) electrons. The highest BCUT2D eigenvalue weighted by molar-refractivity contribution is 5.91. The Morgan fingerprint density at radius 3 is 2.43 bits per heavy atom. The van der Waals surface area contributed by atoms with E-state index in [0.717, 1.165) is 0 Å². The number of nitrogens with zero attached hydrogens (tertiary/aromatic N) is 2. The molecule has 114 valence electrons. The summed E-state index contributed by atoms with van der Waals surface area (Å²) in [4.78, 5) is 38.4. The number of furan rings is 1. The van der Waals surface area contributed by atoms with Crippen molar-refractivity contribution in [3.8, 4) is 0 Å². The van der Waals surface area contributed by atoms with Crippen LogP contribution in [0, 0.1) is 0 Å². The maximum absolute atomic E-state index is 12.1. The van der Waals surface area contributed by atoms with Crippen LogP contribution in [0.2, 0.25) is 0 Å². The molecule has 1 fully saturated rings. The molecule has 0 aromatic carbocycles. The van der Waals surface area contributed by atoms with Crippen LogP contribution in [-0.2, 0) is 9.59 Å². The molecule has 2 rings (SSSR count). The molecule has 1 N–H and O–H groups in total. The van der Waals surface area contributed by atoms with E-state index in [-0.39, 0.29) is 24.3 Å². The van der Waals surface area contributed by atoms with Gasteiger partial charge in [-0.15, -0.1) is 0 Å². The van der Waals surface area contributed by atoms with Gasteiger partial charge < -0.3 is 19.5 Å². The second kappa shape index (κ2) is 6.92. The van der Waals surface area contributed by atoms with Gasteiger partial charge in [-0.3, -0.25) is 14.4 Å². The first-order chi connectivity index (χ1) is 10.1. The first-order valence-electron chi connectivity index (χ1n) is 6.99. The maximum atomic E-state index is 12.1. The van der Waals surface area contributed by atoms with Gasteiger partial charge in [-0.2, -0.15) is 0 Å². The van der Waals surface area contributed by atoms with E-state index in [1.54, 1.807) is 28.9 Å². The molecular formula is C14H19N3O4. The van der Waals surface area contributed by atoms with Crippen LogP contribution >= 0.6 is 0 Å². The lowest BCUT2D eigenvalue weighted by molar-refractivity contribution is -0.134. The lowest BCUT2D eigenvalue weighted by atomic mass is 10.2. The molecule has 1 saturated heterocycles. The number of hydrogen-bond donors (Lipinski definition) is 1. The van der Waals surface area contributed by atoms with E-state index in [0.29, 0.717) is 38.4 Å². The Morgan fingerprint density at radius 1 is 1.19 bits per heavy atom. The summed E-state index contributed by atoms with van der Waals surface area (Å²) in [5.74, 6) is -0.117. The molecule has 21 heavy (non-hydrogen) atoms. The first-order valence-corrected chi connectivity index (χ1v) is 6.99. The third-order valence-corrected chi connectivity index (χ3v) is 3.41. The largest absolute Gasteiger partial charge is 0.459 e. The van der Waals surface area contributed by atoms with Gasteiger partial charge >= 0.3 is 0 Å². The van der Waals surface area contributed by atoms with E-state index in [2.05, 4.69) is 5.32 Å². The number of piperazine rings is 1. The van der Waals surface area contributed by atoms with Crippen molar-refractivity contribution in [2.24, 2.45) is 0 Å². The van der Waals surface area contributed by atoms with Crippen molar-refractivity contribution in [1.82, 2.24) is 15.1 Å². The average Bonchev–Trinajstić information content (AvgIpc) is 3.06. The molecule has 1 aliphatic heterocycles. The van der Waals surface area contributed by atoms with Gasteiger partial charge in [-0.25, -0.2) is 0 Å². The predicted molar refractivity (Wildman–Crippen MR) is 74.5 cm³/mol. The highest BCUT2D eigenvalue weighted by Gasteiger charge is 2.25. The molecule has 1 aromatic rings. The van der Waals surface area contributed by atoms with Crippen molar-refractivity contribution in [3.63, 3.8) is 0 Å². The summed E-state index contributed by atoms with van der Waals surface area (Å²) in [6.07, 6.45) is 1.82. The van der Waals surface area contributed by atoms with E-state index in [1.807, 2.05) is 0 Å². The van der Waals surface area contributed by atoms with Crippen LogP contribution in [0.5, 0.6) is 0 Å². The third-order valence-electron chi connectivity index (χ3n) is 3.41. The standard InChI is InChI=1S/C14H19N3O4/c1-2-12(18)15-10-13(19)16-5-7-17(8-6-16)14(20)11-4-3-9-21-11/h3-4,9H,2,5-8,10H2,1H3,(H,15,18). The van der Waals surface area contributed by atoms with E-state index >= 15 is 0 Å². The molecule has 3 amide bonds. The zero-order valence-electron chi connectivity index (χ0n) is 12.0. The van der Waals surface area contributed by atoms with Crippen molar-refractivity contribution >= 4 is 17.7 Å². The Kier molecular flexibility index (Phi) is 4.97.